The Morgan fingerprint density at radius 1 is 1.32 bits per heavy atom. The maximum absolute atomic E-state index is 12.7. The smallest absolute Gasteiger partial charge is 0.232 e. The lowest BCUT2D eigenvalue weighted by Crippen LogP contribution is -2.48. The standard InChI is InChI=1S/C19H27N3O3/c1-12(13-10-20-11-13)17(23)21-14-5-6-16-15(9-14)22(7-8-25-16)18(24)19(2,3)4/h5-6,9,12-13,20H,7-8,10-11H2,1-4H3,(H,21,23). The summed E-state index contributed by atoms with van der Waals surface area (Å²) in [5, 5.41) is 6.17. The quantitative estimate of drug-likeness (QED) is 0.881. The van der Waals surface area contributed by atoms with E-state index in [-0.39, 0.29) is 17.7 Å². The molecule has 1 unspecified atom stereocenters. The summed E-state index contributed by atoms with van der Waals surface area (Å²) in [6.07, 6.45) is 0. The monoisotopic (exact) mass is 345 g/mol. The first-order valence-electron chi connectivity index (χ1n) is 8.88. The van der Waals surface area contributed by atoms with Crippen LogP contribution in [-0.4, -0.2) is 38.1 Å². The molecular formula is C19H27N3O3. The van der Waals surface area contributed by atoms with Gasteiger partial charge < -0.3 is 20.3 Å². The summed E-state index contributed by atoms with van der Waals surface area (Å²) >= 11 is 0. The van der Waals surface area contributed by atoms with E-state index in [1.54, 1.807) is 4.90 Å². The number of fused-ring (bicyclic) bond motifs is 1. The van der Waals surface area contributed by atoms with E-state index >= 15 is 0 Å². The zero-order chi connectivity index (χ0) is 18.2. The van der Waals surface area contributed by atoms with E-state index in [0.717, 1.165) is 18.8 Å². The molecule has 1 saturated heterocycles. The third-order valence-electron chi connectivity index (χ3n) is 4.91. The molecule has 136 valence electrons. The van der Waals surface area contributed by atoms with Crippen molar-refractivity contribution >= 4 is 23.2 Å². The second kappa shape index (κ2) is 6.67. The first-order chi connectivity index (χ1) is 11.8. The highest BCUT2D eigenvalue weighted by molar-refractivity contribution is 6.00. The molecule has 6 nitrogen and oxygen atoms in total. The van der Waals surface area contributed by atoms with E-state index in [9.17, 15) is 9.59 Å². The van der Waals surface area contributed by atoms with Crippen LogP contribution in [-0.2, 0) is 9.59 Å². The third-order valence-corrected chi connectivity index (χ3v) is 4.91. The van der Waals surface area contributed by atoms with Crippen LogP contribution in [0, 0.1) is 17.3 Å². The lowest BCUT2D eigenvalue weighted by Gasteiger charge is -2.34. The summed E-state index contributed by atoms with van der Waals surface area (Å²) < 4.78 is 5.67. The van der Waals surface area contributed by atoms with Gasteiger partial charge in [-0.25, -0.2) is 0 Å². The highest BCUT2D eigenvalue weighted by Gasteiger charge is 2.32. The average Bonchev–Trinajstić information content (AvgIpc) is 2.51. The van der Waals surface area contributed by atoms with Crippen LogP contribution in [0.5, 0.6) is 5.75 Å². The van der Waals surface area contributed by atoms with E-state index in [1.165, 1.54) is 0 Å². The van der Waals surface area contributed by atoms with Gasteiger partial charge in [-0.15, -0.1) is 0 Å². The van der Waals surface area contributed by atoms with Crippen LogP contribution >= 0.6 is 0 Å². The average molecular weight is 345 g/mol. The molecule has 1 aromatic carbocycles. The van der Waals surface area contributed by atoms with Gasteiger partial charge in [0.25, 0.3) is 0 Å². The summed E-state index contributed by atoms with van der Waals surface area (Å²) in [4.78, 5) is 26.9. The number of rotatable bonds is 3. The maximum Gasteiger partial charge on any atom is 0.232 e. The molecule has 0 saturated carbocycles. The topological polar surface area (TPSA) is 70.7 Å². The van der Waals surface area contributed by atoms with E-state index in [1.807, 2.05) is 45.9 Å². The van der Waals surface area contributed by atoms with E-state index in [0.29, 0.717) is 30.5 Å². The van der Waals surface area contributed by atoms with Gasteiger partial charge in [-0.1, -0.05) is 27.7 Å². The number of benzene rings is 1. The molecular weight excluding hydrogens is 318 g/mol. The zero-order valence-corrected chi connectivity index (χ0v) is 15.4. The second-order valence-corrected chi connectivity index (χ2v) is 7.93. The van der Waals surface area contributed by atoms with Gasteiger partial charge in [0.05, 0.1) is 12.2 Å². The molecule has 0 bridgehead atoms. The number of carbonyl (C=O) groups is 2. The molecule has 6 heteroatoms. The van der Waals surface area contributed by atoms with Crippen LogP contribution in [0.2, 0.25) is 0 Å². The SMILES string of the molecule is CC(C(=O)Nc1ccc2c(c1)N(C(=O)C(C)(C)C)CCO2)C1CNC1. The van der Waals surface area contributed by atoms with Crippen molar-refractivity contribution in [3.05, 3.63) is 18.2 Å². The summed E-state index contributed by atoms with van der Waals surface area (Å²) in [6, 6.07) is 5.48. The summed E-state index contributed by atoms with van der Waals surface area (Å²) in [6.45, 7) is 10.5. The van der Waals surface area contributed by atoms with Crippen LogP contribution in [0.4, 0.5) is 11.4 Å². The van der Waals surface area contributed by atoms with Crippen molar-refractivity contribution in [2.24, 2.45) is 17.3 Å². The van der Waals surface area contributed by atoms with Crippen molar-refractivity contribution in [2.75, 3.05) is 36.5 Å². The molecule has 1 aromatic rings. The Kier molecular flexibility index (Phi) is 4.73. The summed E-state index contributed by atoms with van der Waals surface area (Å²) in [5.74, 6) is 1.09. The first-order valence-corrected chi connectivity index (χ1v) is 8.88. The van der Waals surface area contributed by atoms with Crippen molar-refractivity contribution in [3.8, 4) is 5.75 Å². The van der Waals surface area contributed by atoms with Gasteiger partial charge >= 0.3 is 0 Å². The van der Waals surface area contributed by atoms with E-state index < -0.39 is 5.41 Å². The molecule has 1 fully saturated rings. The Morgan fingerprint density at radius 3 is 2.64 bits per heavy atom. The molecule has 0 radical (unpaired) electrons. The molecule has 2 heterocycles. The molecule has 0 aliphatic carbocycles. The molecule has 2 aliphatic heterocycles. The Morgan fingerprint density at radius 2 is 2.04 bits per heavy atom. The van der Waals surface area contributed by atoms with Crippen molar-refractivity contribution in [2.45, 2.75) is 27.7 Å². The number of carbonyl (C=O) groups excluding carboxylic acids is 2. The Balaban J connectivity index is 1.79. The lowest BCUT2D eigenvalue weighted by atomic mass is 9.88. The number of nitrogens with one attached hydrogen (secondary N) is 2. The molecule has 2 N–H and O–H groups in total. The predicted octanol–water partition coefficient (Wildman–Crippen LogP) is 2.25. The largest absolute Gasteiger partial charge is 0.490 e. The molecule has 0 spiro atoms. The molecule has 25 heavy (non-hydrogen) atoms. The summed E-state index contributed by atoms with van der Waals surface area (Å²) in [5.41, 5.74) is 0.946. The van der Waals surface area contributed by atoms with Crippen LogP contribution in [0.3, 0.4) is 0 Å². The Labute approximate surface area is 148 Å². The minimum absolute atomic E-state index is 0.0110. The Hall–Kier alpha value is -2.08. The lowest BCUT2D eigenvalue weighted by molar-refractivity contribution is -0.126. The fraction of sp³-hybridized carbons (Fsp3) is 0.579. The fourth-order valence-corrected chi connectivity index (χ4v) is 3.05. The van der Waals surface area contributed by atoms with Crippen LogP contribution < -0.4 is 20.3 Å². The first kappa shape index (κ1) is 17.7. The minimum Gasteiger partial charge on any atom is -0.490 e. The normalized spacial score (nSPS) is 18.6. The molecule has 0 aromatic heterocycles. The molecule has 2 aliphatic rings. The highest BCUT2D eigenvalue weighted by Crippen LogP contribution is 2.36. The highest BCUT2D eigenvalue weighted by atomic mass is 16.5. The van der Waals surface area contributed by atoms with Gasteiger partial charge in [-0.2, -0.15) is 0 Å². The van der Waals surface area contributed by atoms with Crippen molar-refractivity contribution < 1.29 is 14.3 Å². The van der Waals surface area contributed by atoms with Crippen LogP contribution in [0.15, 0.2) is 18.2 Å². The van der Waals surface area contributed by atoms with Gasteiger partial charge in [-0.3, -0.25) is 9.59 Å². The van der Waals surface area contributed by atoms with Gasteiger partial charge in [0.15, 0.2) is 0 Å². The van der Waals surface area contributed by atoms with E-state index in [2.05, 4.69) is 10.6 Å². The van der Waals surface area contributed by atoms with Crippen LogP contribution in [0.25, 0.3) is 0 Å². The van der Waals surface area contributed by atoms with Crippen molar-refractivity contribution in [1.29, 1.82) is 0 Å². The number of ether oxygens (including phenoxy) is 1. The molecule has 2 amide bonds. The number of hydrogen-bond acceptors (Lipinski definition) is 4. The number of nitrogens with zero attached hydrogens (tertiary/aromatic N) is 1. The number of anilines is 2. The van der Waals surface area contributed by atoms with E-state index in [4.69, 9.17) is 4.74 Å². The number of amides is 2. The van der Waals surface area contributed by atoms with Crippen molar-refractivity contribution in [3.63, 3.8) is 0 Å². The minimum atomic E-state index is -0.473. The van der Waals surface area contributed by atoms with Crippen LogP contribution in [0.1, 0.15) is 27.7 Å². The van der Waals surface area contributed by atoms with Gasteiger partial charge in [0.2, 0.25) is 11.8 Å². The molecule has 1 atom stereocenters. The third kappa shape index (κ3) is 3.63. The van der Waals surface area contributed by atoms with Gasteiger partial charge in [0, 0.05) is 17.0 Å². The fourth-order valence-electron chi connectivity index (χ4n) is 3.05. The Bertz CT molecular complexity index is 677. The second-order valence-electron chi connectivity index (χ2n) is 7.93. The number of hydrogen-bond donors (Lipinski definition) is 2. The predicted molar refractivity (Wildman–Crippen MR) is 97.9 cm³/mol. The van der Waals surface area contributed by atoms with Gasteiger partial charge in [0.1, 0.15) is 12.4 Å². The summed E-state index contributed by atoms with van der Waals surface area (Å²) in [7, 11) is 0. The van der Waals surface area contributed by atoms with Gasteiger partial charge in [-0.05, 0) is 37.2 Å². The molecule has 3 rings (SSSR count). The van der Waals surface area contributed by atoms with Crippen molar-refractivity contribution in [1.82, 2.24) is 5.32 Å². The zero-order valence-electron chi connectivity index (χ0n) is 15.4. The maximum atomic E-state index is 12.7.